The Labute approximate surface area is 212 Å². The summed E-state index contributed by atoms with van der Waals surface area (Å²) < 4.78 is 39.7. The average Bonchev–Trinajstić information content (AvgIpc) is 2.75. The quantitative estimate of drug-likeness (QED) is 0.427. The molecule has 5 atom stereocenters. The predicted octanol–water partition coefficient (Wildman–Crippen LogP) is -1.62. The maximum atomic E-state index is 11.2. The number of aliphatic hydroxyl groups excluding tert-OH is 3. The van der Waals surface area contributed by atoms with Crippen molar-refractivity contribution in [2.24, 2.45) is 0 Å². The first kappa shape index (κ1) is 21.1. The number of carboxylic acid groups (broad SMARTS) is 1. The van der Waals surface area contributed by atoms with Crippen molar-refractivity contribution >= 4 is 40.8 Å². The van der Waals surface area contributed by atoms with E-state index < -0.39 is 60.6 Å². The normalized spacial score (nSPS) is 27.3. The maximum Gasteiger partial charge on any atom is 1.00 e. The SMILES string of the molecule is [2H]c1c([2H])c(Oc2ccc(Cl)cc2O[C@@H]2O[C@H](C(=O)[O-])[C@@H](O)[C@H](O)[C@H]2O)c(Cl)c([2H])c1Cl.[Na+]. The van der Waals surface area contributed by atoms with Crippen LogP contribution < -0.4 is 44.1 Å². The van der Waals surface area contributed by atoms with Gasteiger partial charge in [-0.3, -0.25) is 0 Å². The molecule has 0 aromatic heterocycles. The van der Waals surface area contributed by atoms with Crippen molar-refractivity contribution in [1.82, 2.24) is 0 Å². The Balaban J connectivity index is 0.00000385. The molecule has 0 radical (unpaired) electrons. The number of hydrogen-bond acceptors (Lipinski definition) is 8. The zero-order chi connectivity index (χ0) is 23.9. The molecule has 0 aliphatic carbocycles. The molecule has 1 aliphatic heterocycles. The Morgan fingerprint density at radius 1 is 1.03 bits per heavy atom. The van der Waals surface area contributed by atoms with Gasteiger partial charge in [-0.1, -0.05) is 34.8 Å². The molecule has 0 spiro atoms. The van der Waals surface area contributed by atoms with Crippen LogP contribution in [0.3, 0.4) is 0 Å². The van der Waals surface area contributed by atoms with Gasteiger partial charge in [0, 0.05) is 16.1 Å². The number of aliphatic hydroxyl groups is 3. The van der Waals surface area contributed by atoms with Crippen LogP contribution in [0.4, 0.5) is 0 Å². The smallest absolute Gasteiger partial charge is 0.547 e. The summed E-state index contributed by atoms with van der Waals surface area (Å²) in [5, 5.41) is 40.4. The second-order valence-electron chi connectivity index (χ2n) is 5.86. The minimum absolute atomic E-state index is 0. The third kappa shape index (κ3) is 5.72. The van der Waals surface area contributed by atoms with Gasteiger partial charge in [-0.2, -0.15) is 0 Å². The van der Waals surface area contributed by atoms with Gasteiger partial charge in [0.15, 0.2) is 11.5 Å². The van der Waals surface area contributed by atoms with Gasteiger partial charge >= 0.3 is 29.6 Å². The van der Waals surface area contributed by atoms with Crippen LogP contribution >= 0.6 is 34.8 Å². The second kappa shape index (κ2) is 10.7. The number of halogens is 3. The van der Waals surface area contributed by atoms with Crippen LogP contribution in [0.25, 0.3) is 0 Å². The van der Waals surface area contributed by atoms with Gasteiger partial charge in [-0.15, -0.1) is 0 Å². The summed E-state index contributed by atoms with van der Waals surface area (Å²) in [5.41, 5.74) is 0. The van der Waals surface area contributed by atoms with E-state index in [1.54, 1.807) is 0 Å². The van der Waals surface area contributed by atoms with Crippen LogP contribution in [0.15, 0.2) is 36.3 Å². The van der Waals surface area contributed by atoms with Gasteiger partial charge in [0.25, 0.3) is 0 Å². The van der Waals surface area contributed by atoms with E-state index in [9.17, 15) is 25.2 Å². The Morgan fingerprint density at radius 3 is 2.40 bits per heavy atom. The van der Waals surface area contributed by atoms with Crippen LogP contribution in [0.5, 0.6) is 17.2 Å². The topological polar surface area (TPSA) is 129 Å². The minimum atomic E-state index is -2.01. The molecule has 3 rings (SSSR count). The average molecular weight is 491 g/mol. The number of hydrogen-bond donors (Lipinski definition) is 3. The number of carboxylic acids is 1. The molecule has 156 valence electrons. The zero-order valence-corrected chi connectivity index (χ0v) is 19.4. The first-order valence-corrected chi connectivity index (χ1v) is 9.06. The first-order valence-electron chi connectivity index (χ1n) is 9.43. The van der Waals surface area contributed by atoms with Gasteiger partial charge in [-0.25, -0.2) is 0 Å². The molecule has 3 N–H and O–H groups in total. The molecule has 1 aliphatic rings. The molecular formula is C18H14Cl3NaO8. The van der Waals surface area contributed by atoms with Crippen molar-refractivity contribution < 1.29 is 73.1 Å². The molecule has 8 nitrogen and oxygen atoms in total. The van der Waals surface area contributed by atoms with Crippen molar-refractivity contribution in [3.63, 3.8) is 0 Å². The van der Waals surface area contributed by atoms with E-state index >= 15 is 0 Å². The van der Waals surface area contributed by atoms with Crippen molar-refractivity contribution in [3.05, 3.63) is 51.4 Å². The van der Waals surface area contributed by atoms with Crippen LogP contribution in [0.2, 0.25) is 15.1 Å². The number of carbonyl (C=O) groups is 1. The summed E-state index contributed by atoms with van der Waals surface area (Å²) in [7, 11) is 0. The molecule has 1 heterocycles. The molecule has 0 amide bonds. The maximum absolute atomic E-state index is 11.2. The van der Waals surface area contributed by atoms with E-state index in [0.717, 1.165) is 0 Å². The van der Waals surface area contributed by atoms with E-state index in [4.69, 9.17) is 53.1 Å². The molecule has 1 fully saturated rings. The number of carbonyl (C=O) groups excluding carboxylic acids is 1. The zero-order valence-electron chi connectivity index (χ0n) is 18.1. The first-order chi connectivity index (χ1) is 14.9. The Hall–Kier alpha value is -0.780. The van der Waals surface area contributed by atoms with Gasteiger partial charge in [0.1, 0.15) is 30.2 Å². The van der Waals surface area contributed by atoms with Crippen molar-refractivity contribution in [3.8, 4) is 17.2 Å². The van der Waals surface area contributed by atoms with E-state index in [0.29, 0.717) is 0 Å². The number of aliphatic carboxylic acids is 1. The monoisotopic (exact) mass is 489 g/mol. The van der Waals surface area contributed by atoms with Crippen LogP contribution in [-0.4, -0.2) is 52.0 Å². The molecule has 2 aromatic carbocycles. The summed E-state index contributed by atoms with van der Waals surface area (Å²) in [5.74, 6) is -2.66. The van der Waals surface area contributed by atoms with Crippen LogP contribution in [0, 0.1) is 0 Å². The fourth-order valence-corrected chi connectivity index (χ4v) is 2.99. The second-order valence-corrected chi connectivity index (χ2v) is 7.05. The van der Waals surface area contributed by atoms with Gasteiger partial charge in [-0.05, 0) is 30.3 Å². The van der Waals surface area contributed by atoms with Crippen molar-refractivity contribution in [1.29, 1.82) is 0 Å². The van der Waals surface area contributed by atoms with E-state index in [2.05, 4.69) is 0 Å². The van der Waals surface area contributed by atoms with Gasteiger partial charge in [0.05, 0.1) is 15.1 Å². The third-order valence-corrected chi connectivity index (χ3v) is 4.56. The van der Waals surface area contributed by atoms with Crippen LogP contribution in [-0.2, 0) is 9.53 Å². The van der Waals surface area contributed by atoms with Crippen molar-refractivity contribution in [2.45, 2.75) is 30.7 Å². The predicted molar refractivity (Wildman–Crippen MR) is 100 cm³/mol. The van der Waals surface area contributed by atoms with Gasteiger partial charge in [0.2, 0.25) is 6.29 Å². The van der Waals surface area contributed by atoms with Gasteiger partial charge < -0.3 is 39.4 Å². The summed E-state index contributed by atoms with van der Waals surface area (Å²) in [4.78, 5) is 11.2. The van der Waals surface area contributed by atoms with E-state index in [-0.39, 0.29) is 56.1 Å². The molecule has 12 heteroatoms. The Kier molecular flexibility index (Phi) is 7.52. The Bertz CT molecular complexity index is 1030. The molecule has 2 aromatic rings. The molecule has 1 saturated heterocycles. The minimum Gasteiger partial charge on any atom is -0.547 e. The summed E-state index contributed by atoms with van der Waals surface area (Å²) >= 11 is 17.8. The molecule has 0 saturated carbocycles. The fourth-order valence-electron chi connectivity index (χ4n) is 2.45. The molecule has 0 bridgehead atoms. The number of benzene rings is 2. The third-order valence-electron chi connectivity index (χ3n) is 3.87. The summed E-state index contributed by atoms with van der Waals surface area (Å²) in [6.07, 6.45) is -9.61. The molecule has 30 heavy (non-hydrogen) atoms. The number of rotatable bonds is 5. The Morgan fingerprint density at radius 2 is 1.73 bits per heavy atom. The summed E-state index contributed by atoms with van der Waals surface area (Å²) in [6, 6.07) is 2.34. The molecule has 0 unspecified atom stereocenters. The largest absolute Gasteiger partial charge is 1.00 e. The van der Waals surface area contributed by atoms with Crippen molar-refractivity contribution in [2.75, 3.05) is 0 Å². The number of ether oxygens (including phenoxy) is 3. The molecular weight excluding hydrogens is 474 g/mol. The van der Waals surface area contributed by atoms with E-state index in [1.807, 2.05) is 0 Å². The standard InChI is InChI=1S/C18H15Cl3O8.Na/c19-7-1-3-10(9(21)5-7)27-11-4-2-8(20)6-12(11)28-18-15(24)13(22)14(23)16(29-18)17(25)26;/h1-6,13-16,18,22-24H,(H,25,26);/q;+1/p-1/t13-,14-,15+,16-,18+;/m0./s1/i1D,3D,5D;. The van der Waals surface area contributed by atoms with Crippen LogP contribution in [0.1, 0.15) is 4.11 Å². The summed E-state index contributed by atoms with van der Waals surface area (Å²) in [6.45, 7) is 0. The fraction of sp³-hybridized carbons (Fsp3) is 0.278. The van der Waals surface area contributed by atoms with E-state index in [1.165, 1.54) is 18.2 Å².